The third-order valence-corrected chi connectivity index (χ3v) is 4.37. The molecule has 0 fully saturated rings. The zero-order valence-corrected chi connectivity index (χ0v) is 14.6. The summed E-state index contributed by atoms with van der Waals surface area (Å²) in [5.74, 6) is -1.01. The largest absolute Gasteiger partial charge is 0.388 e. The second kappa shape index (κ2) is 8.61. The maximum Gasteiger partial charge on any atom is 0.313 e. The summed E-state index contributed by atoms with van der Waals surface area (Å²) in [6.07, 6.45) is -0.276. The van der Waals surface area contributed by atoms with E-state index in [1.807, 2.05) is 29.0 Å². The quantitative estimate of drug-likeness (QED) is 0.704. The Kier molecular flexibility index (Phi) is 6.52. The van der Waals surface area contributed by atoms with Gasteiger partial charge in [-0.3, -0.25) is 9.59 Å². The van der Waals surface area contributed by atoms with Crippen LogP contribution in [-0.2, 0) is 9.59 Å². The Labute approximate surface area is 145 Å². The molecular weight excluding hydrogens is 324 g/mol. The van der Waals surface area contributed by atoms with Gasteiger partial charge in [0, 0.05) is 12.2 Å². The van der Waals surface area contributed by atoms with E-state index in [9.17, 15) is 14.7 Å². The first-order valence-electron chi connectivity index (χ1n) is 7.86. The summed E-state index contributed by atoms with van der Waals surface area (Å²) in [5.41, 5.74) is 2.57. The van der Waals surface area contributed by atoms with E-state index < -0.39 is 17.9 Å². The molecule has 0 saturated heterocycles. The molecule has 24 heavy (non-hydrogen) atoms. The monoisotopic (exact) mass is 346 g/mol. The number of aliphatic hydroxyl groups is 1. The number of thiophene rings is 1. The molecule has 2 amide bonds. The number of hydrogen-bond donors (Lipinski definition) is 3. The maximum absolute atomic E-state index is 11.9. The topological polar surface area (TPSA) is 78.4 Å². The zero-order chi connectivity index (χ0) is 17.5. The molecule has 2 rings (SSSR count). The number of aliphatic hydroxyl groups excluding tert-OH is 1. The van der Waals surface area contributed by atoms with Gasteiger partial charge in [0.05, 0.1) is 6.10 Å². The number of rotatable bonds is 6. The summed E-state index contributed by atoms with van der Waals surface area (Å²) in [7, 11) is 0. The van der Waals surface area contributed by atoms with Crippen molar-refractivity contribution in [2.24, 2.45) is 0 Å². The van der Waals surface area contributed by atoms with Crippen LogP contribution < -0.4 is 10.6 Å². The third-order valence-electron chi connectivity index (χ3n) is 3.67. The first-order valence-corrected chi connectivity index (χ1v) is 8.81. The minimum atomic E-state index is -0.711. The van der Waals surface area contributed by atoms with Gasteiger partial charge in [0.25, 0.3) is 0 Å². The van der Waals surface area contributed by atoms with Crippen molar-refractivity contribution in [3.8, 4) is 0 Å². The van der Waals surface area contributed by atoms with Gasteiger partial charge in [-0.25, -0.2) is 0 Å². The van der Waals surface area contributed by atoms with E-state index in [0.717, 1.165) is 5.56 Å². The van der Waals surface area contributed by atoms with E-state index in [0.29, 0.717) is 18.0 Å². The van der Waals surface area contributed by atoms with E-state index in [1.54, 1.807) is 12.1 Å². The molecule has 0 radical (unpaired) electrons. The Morgan fingerprint density at radius 1 is 1.08 bits per heavy atom. The Bertz CT molecular complexity index is 666. The molecule has 2 aromatic rings. The summed E-state index contributed by atoms with van der Waals surface area (Å²) in [5, 5.41) is 18.7. The van der Waals surface area contributed by atoms with Crippen LogP contribution in [0.5, 0.6) is 0 Å². The van der Waals surface area contributed by atoms with Crippen LogP contribution in [0, 0.1) is 0 Å². The second-order valence-electron chi connectivity index (χ2n) is 5.85. The SMILES string of the molecule is CC(C)c1ccc(NC(=O)C(=O)NCCC(O)c2ccsc2)cc1. The molecule has 6 heteroatoms. The summed E-state index contributed by atoms with van der Waals surface area (Å²) >= 11 is 1.50. The average Bonchev–Trinajstić information content (AvgIpc) is 3.09. The molecule has 5 nitrogen and oxygen atoms in total. The number of carbonyl (C=O) groups excluding carboxylic acids is 2. The Morgan fingerprint density at radius 3 is 2.38 bits per heavy atom. The van der Waals surface area contributed by atoms with Crippen LogP contribution in [0.1, 0.15) is 43.4 Å². The van der Waals surface area contributed by atoms with Crippen molar-refractivity contribution < 1.29 is 14.7 Å². The van der Waals surface area contributed by atoms with Crippen LogP contribution in [0.15, 0.2) is 41.1 Å². The highest BCUT2D eigenvalue weighted by Crippen LogP contribution is 2.19. The lowest BCUT2D eigenvalue weighted by molar-refractivity contribution is -0.136. The van der Waals surface area contributed by atoms with Crippen molar-refractivity contribution in [1.29, 1.82) is 0 Å². The number of anilines is 1. The van der Waals surface area contributed by atoms with E-state index in [-0.39, 0.29) is 6.54 Å². The molecule has 0 aliphatic rings. The molecule has 3 N–H and O–H groups in total. The van der Waals surface area contributed by atoms with Gasteiger partial charge >= 0.3 is 11.8 Å². The molecule has 1 aromatic carbocycles. The van der Waals surface area contributed by atoms with Crippen molar-refractivity contribution in [2.75, 3.05) is 11.9 Å². The Hall–Kier alpha value is -2.18. The lowest BCUT2D eigenvalue weighted by atomic mass is 10.0. The first kappa shape index (κ1) is 18.2. The molecule has 0 aliphatic carbocycles. The van der Waals surface area contributed by atoms with Crippen LogP contribution in [-0.4, -0.2) is 23.5 Å². The zero-order valence-electron chi connectivity index (χ0n) is 13.8. The summed E-state index contributed by atoms with van der Waals surface area (Å²) in [6, 6.07) is 9.25. The second-order valence-corrected chi connectivity index (χ2v) is 6.63. The number of hydrogen-bond acceptors (Lipinski definition) is 4. The van der Waals surface area contributed by atoms with Crippen LogP contribution >= 0.6 is 11.3 Å². The molecule has 0 bridgehead atoms. The van der Waals surface area contributed by atoms with Crippen LogP contribution in [0.3, 0.4) is 0 Å². The average molecular weight is 346 g/mol. The highest BCUT2D eigenvalue weighted by atomic mass is 32.1. The first-order chi connectivity index (χ1) is 11.5. The molecule has 0 saturated carbocycles. The highest BCUT2D eigenvalue weighted by Gasteiger charge is 2.14. The normalized spacial score (nSPS) is 12.0. The molecule has 1 atom stereocenters. The molecule has 1 heterocycles. The predicted octanol–water partition coefficient (Wildman–Crippen LogP) is 3.05. The molecule has 1 unspecified atom stereocenters. The van der Waals surface area contributed by atoms with Gasteiger partial charge in [-0.2, -0.15) is 11.3 Å². The minimum absolute atomic E-state index is 0.232. The minimum Gasteiger partial charge on any atom is -0.388 e. The Morgan fingerprint density at radius 2 is 1.79 bits per heavy atom. The van der Waals surface area contributed by atoms with Crippen molar-refractivity contribution in [1.82, 2.24) is 5.32 Å². The lowest BCUT2D eigenvalue weighted by Crippen LogP contribution is -2.36. The number of benzene rings is 1. The van der Waals surface area contributed by atoms with Crippen molar-refractivity contribution in [3.63, 3.8) is 0 Å². The van der Waals surface area contributed by atoms with Gasteiger partial charge in [-0.15, -0.1) is 0 Å². The maximum atomic E-state index is 11.9. The van der Waals surface area contributed by atoms with Gasteiger partial charge in [-0.1, -0.05) is 26.0 Å². The van der Waals surface area contributed by atoms with Crippen molar-refractivity contribution in [3.05, 3.63) is 52.2 Å². The molecule has 0 spiro atoms. The van der Waals surface area contributed by atoms with Crippen LogP contribution in [0.25, 0.3) is 0 Å². The van der Waals surface area contributed by atoms with Gasteiger partial charge in [0.1, 0.15) is 0 Å². The molecule has 0 aliphatic heterocycles. The van der Waals surface area contributed by atoms with Crippen LogP contribution in [0.4, 0.5) is 5.69 Å². The smallest absolute Gasteiger partial charge is 0.313 e. The van der Waals surface area contributed by atoms with Gasteiger partial charge < -0.3 is 15.7 Å². The fraction of sp³-hybridized carbons (Fsp3) is 0.333. The number of nitrogens with one attached hydrogen (secondary N) is 2. The molecule has 128 valence electrons. The lowest BCUT2D eigenvalue weighted by Gasteiger charge is -2.10. The van der Waals surface area contributed by atoms with E-state index in [4.69, 9.17) is 0 Å². The molecular formula is C18H22N2O3S. The summed E-state index contributed by atoms with van der Waals surface area (Å²) in [6.45, 7) is 4.41. The number of amides is 2. The number of carbonyl (C=O) groups is 2. The van der Waals surface area contributed by atoms with Crippen LogP contribution in [0.2, 0.25) is 0 Å². The van der Waals surface area contributed by atoms with Crippen molar-refractivity contribution >= 4 is 28.8 Å². The van der Waals surface area contributed by atoms with E-state index in [1.165, 1.54) is 16.9 Å². The Balaban J connectivity index is 1.76. The van der Waals surface area contributed by atoms with Gasteiger partial charge in [0.2, 0.25) is 0 Å². The van der Waals surface area contributed by atoms with Gasteiger partial charge in [0.15, 0.2) is 0 Å². The summed E-state index contributed by atoms with van der Waals surface area (Å²) in [4.78, 5) is 23.6. The van der Waals surface area contributed by atoms with E-state index in [2.05, 4.69) is 24.5 Å². The van der Waals surface area contributed by atoms with Crippen molar-refractivity contribution in [2.45, 2.75) is 32.3 Å². The third kappa shape index (κ3) is 5.18. The van der Waals surface area contributed by atoms with E-state index >= 15 is 0 Å². The standard InChI is InChI=1S/C18H22N2O3S/c1-12(2)13-3-5-15(6-4-13)20-18(23)17(22)19-9-7-16(21)14-8-10-24-11-14/h3-6,8,10-12,16,21H,7,9H2,1-2H3,(H,19,22)(H,20,23). The highest BCUT2D eigenvalue weighted by molar-refractivity contribution is 7.07. The summed E-state index contributed by atoms with van der Waals surface area (Å²) < 4.78 is 0. The molecule has 1 aromatic heterocycles. The predicted molar refractivity (Wildman–Crippen MR) is 96.1 cm³/mol. The van der Waals surface area contributed by atoms with Gasteiger partial charge in [-0.05, 0) is 52.4 Å². The fourth-order valence-electron chi connectivity index (χ4n) is 2.17. The fourth-order valence-corrected chi connectivity index (χ4v) is 2.88.